The van der Waals surface area contributed by atoms with Crippen molar-refractivity contribution in [1.29, 1.82) is 0 Å². The molecule has 0 aliphatic carbocycles. The van der Waals surface area contributed by atoms with Crippen LogP contribution in [0.1, 0.15) is 64.2 Å². The van der Waals surface area contributed by atoms with Crippen molar-refractivity contribution in [3.63, 3.8) is 0 Å². The van der Waals surface area contributed by atoms with Gasteiger partial charge in [0.15, 0.2) is 0 Å². The van der Waals surface area contributed by atoms with Crippen LogP contribution in [0.2, 0.25) is 0 Å². The summed E-state index contributed by atoms with van der Waals surface area (Å²) in [5.41, 5.74) is 20.6. The Hall–Kier alpha value is -4.00. The summed E-state index contributed by atoms with van der Waals surface area (Å²) in [6, 6.07) is -2.59. The summed E-state index contributed by atoms with van der Waals surface area (Å²) >= 11 is 0. The van der Waals surface area contributed by atoms with Crippen molar-refractivity contribution < 1.29 is 69.0 Å². The maximum Gasteiger partial charge on any atom is 0.372 e. The van der Waals surface area contributed by atoms with Crippen LogP contribution in [-0.4, -0.2) is 103 Å². The minimum absolute atomic E-state index is 0.0231. The lowest BCUT2D eigenvalue weighted by atomic mass is 10.1. The van der Waals surface area contributed by atoms with Gasteiger partial charge in [-0.25, -0.2) is 4.79 Å². The Morgan fingerprint density at radius 2 is 0.975 bits per heavy atom. The minimum Gasteiger partial charge on any atom is -0.481 e. The number of hydrogen-bond donors (Lipinski definition) is 10. The molecule has 2 unspecified atom stereocenters. The molecule has 0 aromatic carbocycles. The van der Waals surface area contributed by atoms with Crippen LogP contribution in [0.25, 0.3) is 0 Å². The number of nitrogens with two attached hydrogens (primary N) is 4. The lowest BCUT2D eigenvalue weighted by molar-refractivity contribution is -0.150. The molecule has 0 bridgehead atoms. The van der Waals surface area contributed by atoms with E-state index in [1.807, 2.05) is 0 Å². The molecule has 0 aliphatic heterocycles. The van der Waals surface area contributed by atoms with Crippen LogP contribution in [0.5, 0.6) is 0 Å². The van der Waals surface area contributed by atoms with Crippen molar-refractivity contribution in [3.05, 3.63) is 0 Å². The van der Waals surface area contributed by atoms with E-state index in [9.17, 15) is 38.4 Å². The lowest BCUT2D eigenvalue weighted by Gasteiger charge is -2.03. The number of rotatable bonds is 18. The van der Waals surface area contributed by atoms with E-state index >= 15 is 0 Å². The largest absolute Gasteiger partial charge is 0.481 e. The van der Waals surface area contributed by atoms with E-state index in [1.54, 1.807) is 0 Å². The van der Waals surface area contributed by atoms with Crippen LogP contribution in [0.15, 0.2) is 0 Å². The summed E-state index contributed by atoms with van der Waals surface area (Å²) in [4.78, 5) is 79.6. The Morgan fingerprint density at radius 3 is 1.30 bits per heavy atom. The number of ketones is 1. The molecule has 18 nitrogen and oxygen atoms in total. The first-order chi connectivity index (χ1) is 18.4. The van der Waals surface area contributed by atoms with Crippen LogP contribution in [0.4, 0.5) is 0 Å². The van der Waals surface area contributed by atoms with Crippen LogP contribution in [0, 0.1) is 0 Å². The predicted molar refractivity (Wildman–Crippen MR) is 136 cm³/mol. The molecule has 0 rings (SSSR count). The fourth-order valence-electron chi connectivity index (χ4n) is 1.91. The SMILES string of the molecule is NC(CCC(=O)O)C(=O)O.NC(CCCC=O)C(=O)O.NCCCC[C@H](N)C(=O)O.O=C(O)CCC(=O)C(=O)O. The van der Waals surface area contributed by atoms with Crippen molar-refractivity contribution in [1.82, 2.24) is 0 Å². The maximum absolute atomic E-state index is 10.2. The molecule has 0 heterocycles. The highest BCUT2D eigenvalue weighted by molar-refractivity contribution is 6.32. The Bertz CT molecular complexity index is 806. The summed E-state index contributed by atoms with van der Waals surface area (Å²) in [5.74, 6) is -7.96. The average molecular weight is 585 g/mol. The van der Waals surface area contributed by atoms with Gasteiger partial charge >= 0.3 is 35.8 Å². The summed E-state index contributed by atoms with van der Waals surface area (Å²) in [7, 11) is 0. The Kier molecular flexibility index (Phi) is 30.2. The van der Waals surface area contributed by atoms with Gasteiger partial charge < -0.3 is 58.4 Å². The number of carbonyl (C=O) groups excluding carboxylic acids is 2. The second-order valence-electron chi connectivity index (χ2n) is 7.77. The van der Waals surface area contributed by atoms with Crippen LogP contribution >= 0.6 is 0 Å². The Labute approximate surface area is 229 Å². The van der Waals surface area contributed by atoms with E-state index in [0.717, 1.165) is 19.1 Å². The highest BCUT2D eigenvalue weighted by Crippen LogP contribution is 1.97. The molecular weight excluding hydrogens is 544 g/mol. The average Bonchev–Trinajstić information content (AvgIpc) is 2.86. The number of aldehydes is 1. The highest BCUT2D eigenvalue weighted by atomic mass is 16.4. The Balaban J connectivity index is -0.000000216. The molecule has 0 aromatic rings. The van der Waals surface area contributed by atoms with E-state index in [-0.39, 0.29) is 12.8 Å². The topological polar surface area (TPSA) is 362 Å². The molecule has 14 N–H and O–H groups in total. The van der Waals surface area contributed by atoms with Crippen molar-refractivity contribution in [2.24, 2.45) is 22.9 Å². The van der Waals surface area contributed by atoms with Gasteiger partial charge in [-0.15, -0.1) is 0 Å². The molecular formula is C22H40N4O14. The zero-order valence-electron chi connectivity index (χ0n) is 21.8. The van der Waals surface area contributed by atoms with Gasteiger partial charge in [0.2, 0.25) is 5.78 Å². The van der Waals surface area contributed by atoms with E-state index in [0.29, 0.717) is 32.2 Å². The third-order valence-corrected chi connectivity index (χ3v) is 4.23. The second-order valence-corrected chi connectivity index (χ2v) is 7.77. The quantitative estimate of drug-likeness (QED) is 0.0475. The molecule has 0 radical (unpaired) electrons. The minimum atomic E-state index is -1.58. The second kappa shape index (κ2) is 28.0. The standard InChI is InChI=1S/C6H14N2O2.C6H11NO3.C5H9NO4.C5H6O5/c7-4-2-1-3-5(8)6(9)10;7-5(6(9)10)3-1-2-4-8;2*6-3(5(9)10)1-2-4(7)8/h5H,1-4,7-8H2,(H,9,10);4-5H,1-3,7H2,(H,9,10);3H,1-2,6H2,(H,7,8)(H,9,10);1-2H2,(H,7,8)(H,9,10)/t5-;;;/m0.../s1. The number of carbonyl (C=O) groups is 8. The molecule has 40 heavy (non-hydrogen) atoms. The van der Waals surface area contributed by atoms with E-state index in [4.69, 9.17) is 53.6 Å². The van der Waals surface area contributed by atoms with Gasteiger partial charge in [0, 0.05) is 19.3 Å². The van der Waals surface area contributed by atoms with Crippen molar-refractivity contribution in [2.75, 3.05) is 6.54 Å². The smallest absolute Gasteiger partial charge is 0.372 e. The van der Waals surface area contributed by atoms with Gasteiger partial charge in [-0.2, -0.15) is 0 Å². The van der Waals surface area contributed by atoms with Gasteiger partial charge in [0.1, 0.15) is 24.4 Å². The fourth-order valence-corrected chi connectivity index (χ4v) is 1.91. The predicted octanol–water partition coefficient (Wildman–Crippen LogP) is -1.94. The first-order valence-corrected chi connectivity index (χ1v) is 11.7. The number of unbranched alkanes of at least 4 members (excludes halogenated alkanes) is 2. The number of carboxylic acid groups (broad SMARTS) is 6. The molecule has 0 saturated heterocycles. The van der Waals surface area contributed by atoms with Crippen LogP contribution in [-0.2, 0) is 38.4 Å². The summed E-state index contributed by atoms with van der Waals surface area (Å²) in [6.45, 7) is 0.604. The normalized spacial score (nSPS) is 11.7. The molecule has 0 saturated carbocycles. The molecule has 3 atom stereocenters. The van der Waals surface area contributed by atoms with Gasteiger partial charge in [-0.05, 0) is 38.6 Å². The zero-order valence-corrected chi connectivity index (χ0v) is 21.8. The first kappa shape index (κ1) is 43.1. The maximum atomic E-state index is 10.2. The molecule has 0 spiro atoms. The molecule has 0 amide bonds. The summed E-state index contributed by atoms with van der Waals surface area (Å²) in [6.07, 6.45) is 3.14. The zero-order chi connectivity index (χ0) is 32.3. The van der Waals surface area contributed by atoms with Gasteiger partial charge in [0.25, 0.3) is 0 Å². The van der Waals surface area contributed by atoms with Gasteiger partial charge in [-0.1, -0.05) is 6.42 Å². The van der Waals surface area contributed by atoms with Gasteiger partial charge in [-0.3, -0.25) is 28.8 Å². The molecule has 18 heteroatoms. The van der Waals surface area contributed by atoms with E-state index < -0.39 is 72.6 Å². The van der Waals surface area contributed by atoms with Crippen molar-refractivity contribution in [3.8, 4) is 0 Å². The van der Waals surface area contributed by atoms with Crippen LogP contribution < -0.4 is 22.9 Å². The molecule has 0 fully saturated rings. The third kappa shape index (κ3) is 36.2. The first-order valence-electron chi connectivity index (χ1n) is 11.7. The number of hydrogen-bond acceptors (Lipinski definition) is 12. The third-order valence-electron chi connectivity index (χ3n) is 4.23. The van der Waals surface area contributed by atoms with Crippen LogP contribution in [0.3, 0.4) is 0 Å². The lowest BCUT2D eigenvalue weighted by Crippen LogP contribution is -2.30. The summed E-state index contributed by atoms with van der Waals surface area (Å²) in [5, 5.41) is 48.8. The van der Waals surface area contributed by atoms with E-state index in [1.165, 1.54) is 0 Å². The highest BCUT2D eigenvalue weighted by Gasteiger charge is 2.13. The van der Waals surface area contributed by atoms with E-state index in [2.05, 4.69) is 0 Å². The van der Waals surface area contributed by atoms with Crippen molar-refractivity contribution in [2.45, 2.75) is 82.3 Å². The molecule has 0 aliphatic rings. The summed E-state index contributed by atoms with van der Waals surface area (Å²) < 4.78 is 0. The van der Waals surface area contributed by atoms with Gasteiger partial charge in [0.05, 0.1) is 6.42 Å². The fraction of sp³-hybridized carbons (Fsp3) is 0.636. The Morgan fingerprint density at radius 1 is 0.575 bits per heavy atom. The van der Waals surface area contributed by atoms with Crippen molar-refractivity contribution >= 4 is 47.9 Å². The number of aliphatic carboxylic acids is 6. The molecule has 232 valence electrons. The molecule has 0 aromatic heterocycles. The number of Topliss-reactive ketones (excluding diaryl/α,β-unsaturated/α-hetero) is 1. The monoisotopic (exact) mass is 584 g/mol. The number of carboxylic acids is 6.